The number of hydrogen-bond acceptors (Lipinski definition) is 5. The number of benzene rings is 1. The second kappa shape index (κ2) is 8.63. The molecule has 0 bridgehead atoms. The number of allylic oxidation sites excluding steroid dienone is 2. The minimum Gasteiger partial charge on any atom is -0.459 e. The molecule has 6 heteroatoms. The molecule has 2 heterocycles. The number of amides is 1. The highest BCUT2D eigenvalue weighted by atomic mass is 16.6. The van der Waals surface area contributed by atoms with Crippen LogP contribution in [0.1, 0.15) is 89.6 Å². The van der Waals surface area contributed by atoms with Crippen molar-refractivity contribution >= 4 is 17.7 Å². The summed E-state index contributed by atoms with van der Waals surface area (Å²) in [5.74, 6) is 0.0418. The van der Waals surface area contributed by atoms with Crippen LogP contribution in [0.15, 0.2) is 47.6 Å². The Morgan fingerprint density at radius 3 is 2.44 bits per heavy atom. The summed E-state index contributed by atoms with van der Waals surface area (Å²) in [6.07, 6.45) is 5.34. The number of esters is 1. The largest absolute Gasteiger partial charge is 0.459 e. The Hall–Kier alpha value is -2.73. The zero-order chi connectivity index (χ0) is 28.1. The van der Waals surface area contributed by atoms with Gasteiger partial charge in [-0.1, -0.05) is 44.1 Å². The lowest BCUT2D eigenvalue weighted by molar-refractivity contribution is -0.202. The minimum absolute atomic E-state index is 0.0256. The van der Waals surface area contributed by atoms with Crippen molar-refractivity contribution in [1.29, 1.82) is 0 Å². The lowest BCUT2D eigenvalue weighted by Gasteiger charge is -2.58. The molecule has 1 aromatic rings. The summed E-state index contributed by atoms with van der Waals surface area (Å²) in [5, 5.41) is 3.03. The number of carbonyl (C=O) groups is 3. The third kappa shape index (κ3) is 3.73. The Labute approximate surface area is 231 Å². The first-order chi connectivity index (χ1) is 18.3. The molecular formula is C33H41NO5. The van der Waals surface area contributed by atoms with E-state index in [2.05, 4.69) is 38.2 Å². The Kier molecular flexibility index (Phi) is 5.86. The van der Waals surface area contributed by atoms with E-state index >= 15 is 0 Å². The quantitative estimate of drug-likeness (QED) is 0.410. The van der Waals surface area contributed by atoms with Gasteiger partial charge in [0.2, 0.25) is 0 Å². The molecule has 6 nitrogen and oxygen atoms in total. The predicted octanol–water partition coefficient (Wildman–Crippen LogP) is 5.53. The first kappa shape index (κ1) is 26.5. The van der Waals surface area contributed by atoms with E-state index in [-0.39, 0.29) is 59.1 Å². The Morgan fingerprint density at radius 1 is 1.10 bits per heavy atom. The summed E-state index contributed by atoms with van der Waals surface area (Å²) in [4.78, 5) is 39.3. The first-order valence-electron chi connectivity index (χ1n) is 14.5. The van der Waals surface area contributed by atoms with Crippen LogP contribution < -0.4 is 5.32 Å². The Bertz CT molecular complexity index is 1300. The van der Waals surface area contributed by atoms with Crippen molar-refractivity contribution in [3.05, 3.63) is 58.7 Å². The van der Waals surface area contributed by atoms with Crippen LogP contribution in [0.3, 0.4) is 0 Å². The maximum absolute atomic E-state index is 13.5. The molecule has 208 valence electrons. The summed E-state index contributed by atoms with van der Waals surface area (Å²) in [5.41, 5.74) is 2.77. The summed E-state index contributed by atoms with van der Waals surface area (Å²) in [6, 6.07) is 7.95. The van der Waals surface area contributed by atoms with Crippen LogP contribution >= 0.6 is 0 Å². The van der Waals surface area contributed by atoms with Gasteiger partial charge >= 0.3 is 5.97 Å². The topological polar surface area (TPSA) is 81.7 Å². The van der Waals surface area contributed by atoms with Gasteiger partial charge < -0.3 is 14.8 Å². The molecule has 3 fully saturated rings. The molecule has 1 saturated carbocycles. The van der Waals surface area contributed by atoms with Crippen molar-refractivity contribution in [1.82, 2.24) is 5.32 Å². The summed E-state index contributed by atoms with van der Waals surface area (Å²) in [6.45, 7) is 14.3. The van der Waals surface area contributed by atoms with E-state index in [1.54, 1.807) is 12.2 Å². The zero-order valence-corrected chi connectivity index (χ0v) is 24.2. The lowest BCUT2D eigenvalue weighted by Crippen LogP contribution is -2.64. The molecule has 9 atom stereocenters. The van der Waals surface area contributed by atoms with Crippen LogP contribution in [-0.4, -0.2) is 41.5 Å². The molecule has 6 rings (SSSR count). The van der Waals surface area contributed by atoms with Crippen LogP contribution in [-0.2, 0) is 19.1 Å². The molecule has 5 aliphatic rings. The smallest absolute Gasteiger partial charge is 0.316 e. The van der Waals surface area contributed by atoms with Crippen LogP contribution in [0.4, 0.5) is 0 Å². The molecule has 2 aliphatic heterocycles. The number of fused-ring (bicyclic) bond motifs is 3. The van der Waals surface area contributed by atoms with E-state index in [9.17, 15) is 14.4 Å². The molecule has 0 aromatic heterocycles. The second-order valence-corrected chi connectivity index (χ2v) is 13.9. The van der Waals surface area contributed by atoms with Crippen molar-refractivity contribution < 1.29 is 23.9 Å². The summed E-state index contributed by atoms with van der Waals surface area (Å²) in [7, 11) is 0. The number of hydrogen-bond donors (Lipinski definition) is 1. The molecule has 0 radical (unpaired) electrons. The zero-order valence-electron chi connectivity index (χ0n) is 24.2. The van der Waals surface area contributed by atoms with Crippen LogP contribution in [0.2, 0.25) is 0 Å². The van der Waals surface area contributed by atoms with Gasteiger partial charge in [-0.25, -0.2) is 0 Å². The van der Waals surface area contributed by atoms with Gasteiger partial charge in [-0.05, 0) is 88.6 Å². The third-order valence-electron chi connectivity index (χ3n) is 10.6. The third-order valence-corrected chi connectivity index (χ3v) is 10.6. The second-order valence-electron chi connectivity index (χ2n) is 13.9. The van der Waals surface area contributed by atoms with Crippen molar-refractivity contribution in [3.63, 3.8) is 0 Å². The highest BCUT2D eigenvalue weighted by Gasteiger charge is 2.72. The predicted molar refractivity (Wildman–Crippen MR) is 148 cm³/mol. The SMILES string of the molecule is CC[C@H]1[C@@H]2CC3=C(C)[C@@H](c4ccc(C(=O)NC(C)(C)C)cc4)C[C@@H]3O[C@@H]2[C@@H]2OC(=O)[C@]3(C)C=CC(=O)[C@@]1(C)[C@@H]23. The van der Waals surface area contributed by atoms with Gasteiger partial charge in [0.05, 0.1) is 17.6 Å². The van der Waals surface area contributed by atoms with Gasteiger partial charge in [-0.2, -0.15) is 0 Å². The average molecular weight is 532 g/mol. The van der Waals surface area contributed by atoms with Crippen LogP contribution in [0.25, 0.3) is 0 Å². The summed E-state index contributed by atoms with van der Waals surface area (Å²) < 4.78 is 13.0. The number of ketones is 1. The monoisotopic (exact) mass is 531 g/mol. The first-order valence-corrected chi connectivity index (χ1v) is 14.5. The van der Waals surface area contributed by atoms with Gasteiger partial charge in [0.25, 0.3) is 5.91 Å². The normalized spacial score (nSPS) is 40.6. The van der Waals surface area contributed by atoms with E-state index in [0.717, 1.165) is 19.3 Å². The fourth-order valence-electron chi connectivity index (χ4n) is 8.81. The highest BCUT2D eigenvalue weighted by Crippen LogP contribution is 2.65. The van der Waals surface area contributed by atoms with Gasteiger partial charge in [-0.3, -0.25) is 14.4 Å². The molecule has 0 unspecified atom stereocenters. The average Bonchev–Trinajstić information content (AvgIpc) is 3.34. The number of nitrogens with one attached hydrogen (secondary N) is 1. The van der Waals surface area contributed by atoms with Crippen molar-refractivity contribution in [2.45, 2.75) is 97.5 Å². The minimum atomic E-state index is -0.791. The molecule has 1 aromatic carbocycles. The number of carbonyl (C=O) groups excluding carboxylic acids is 3. The van der Waals surface area contributed by atoms with Gasteiger partial charge in [0.1, 0.15) is 6.10 Å². The van der Waals surface area contributed by atoms with E-state index in [1.807, 2.05) is 39.8 Å². The van der Waals surface area contributed by atoms with Crippen molar-refractivity contribution in [3.8, 4) is 0 Å². The van der Waals surface area contributed by atoms with Gasteiger partial charge in [-0.15, -0.1) is 0 Å². The van der Waals surface area contributed by atoms with E-state index in [1.165, 1.54) is 16.7 Å². The van der Waals surface area contributed by atoms with E-state index < -0.39 is 16.9 Å². The molecule has 1 amide bonds. The Morgan fingerprint density at radius 2 is 1.79 bits per heavy atom. The van der Waals surface area contributed by atoms with Crippen molar-refractivity contribution in [2.24, 2.45) is 28.6 Å². The van der Waals surface area contributed by atoms with Crippen molar-refractivity contribution in [2.75, 3.05) is 0 Å². The fraction of sp³-hybridized carbons (Fsp3) is 0.606. The lowest BCUT2D eigenvalue weighted by atomic mass is 9.45. The maximum atomic E-state index is 13.5. The van der Waals surface area contributed by atoms with Crippen LogP contribution in [0.5, 0.6) is 0 Å². The Balaban J connectivity index is 1.31. The number of ether oxygens (including phenoxy) is 2. The van der Waals surface area contributed by atoms with E-state index in [4.69, 9.17) is 9.47 Å². The molecular weight excluding hydrogens is 490 g/mol. The van der Waals surface area contributed by atoms with Crippen LogP contribution in [0, 0.1) is 28.6 Å². The molecule has 3 aliphatic carbocycles. The molecule has 2 saturated heterocycles. The van der Waals surface area contributed by atoms with Gasteiger partial charge in [0.15, 0.2) is 5.78 Å². The molecule has 39 heavy (non-hydrogen) atoms. The summed E-state index contributed by atoms with van der Waals surface area (Å²) >= 11 is 0. The number of rotatable bonds is 3. The van der Waals surface area contributed by atoms with E-state index in [0.29, 0.717) is 5.56 Å². The maximum Gasteiger partial charge on any atom is 0.316 e. The molecule has 1 N–H and O–H groups in total. The standard InChI is InChI=1S/C33H41NO5/c1-8-23-22-15-21-17(2)20(18-9-11-19(12-10-18)29(36)34-31(3,4)5)16-24(21)38-26(22)27-28-32(6,30(37)39-27)14-13-25(35)33(23,28)7/h9-14,20,22-24,26-28H,8,15-16H2,1-7H3,(H,34,36)/t20-,22-,23-,24-,26-,27-,28-,32+,33-/m0/s1. The molecule has 0 spiro atoms. The fourth-order valence-corrected chi connectivity index (χ4v) is 8.81. The van der Waals surface area contributed by atoms with Gasteiger partial charge in [0, 0.05) is 28.4 Å². The highest BCUT2D eigenvalue weighted by molar-refractivity contribution is 6.00.